The van der Waals surface area contributed by atoms with E-state index in [2.05, 4.69) is 21.3 Å². The molecule has 97 heavy (non-hydrogen) atoms. The number of hydrogen-bond donors (Lipinski definition) is 5. The molecule has 0 spiro atoms. The molecule has 2 fully saturated rings. The number of benzene rings is 2. The van der Waals surface area contributed by atoms with Gasteiger partial charge in [0.25, 0.3) is 0 Å². The second-order valence-electron chi connectivity index (χ2n) is 27.7. The largest absolute Gasteiger partial charge is 0.391 e. The van der Waals surface area contributed by atoms with Crippen LogP contribution in [0, 0.1) is 17.8 Å². The molecule has 10 atom stereocenters. The van der Waals surface area contributed by atoms with Crippen LogP contribution in [0.5, 0.6) is 0 Å². The highest BCUT2D eigenvalue weighted by atomic mass is 16.3. The maximum absolute atomic E-state index is 15.4. The number of likely N-dealkylation sites (tertiary alicyclic amines) is 1. The van der Waals surface area contributed by atoms with Crippen LogP contribution in [0.2, 0.25) is 0 Å². The van der Waals surface area contributed by atoms with Gasteiger partial charge in [0.1, 0.15) is 54.4 Å². The number of rotatable bonds is 18. The minimum Gasteiger partial charge on any atom is -0.391 e. The minimum atomic E-state index is -1.64. The molecule has 2 aliphatic heterocycles. The van der Waals surface area contributed by atoms with E-state index in [-0.39, 0.29) is 69.2 Å². The Labute approximate surface area is 575 Å². The Kier molecular flexibility index (Phi) is 33.1. The third-order valence-electron chi connectivity index (χ3n) is 18.5. The van der Waals surface area contributed by atoms with Crippen molar-refractivity contribution in [2.24, 2.45) is 17.8 Å². The van der Waals surface area contributed by atoms with Crippen molar-refractivity contribution in [3.05, 3.63) is 71.8 Å². The molecule has 0 unspecified atom stereocenters. The first kappa shape index (κ1) is 81.5. The Morgan fingerprint density at radius 1 is 0.485 bits per heavy atom. The SMILES string of the molecule is CCCCCN1CC(=O)N[C@@H]([C@@H](C)O)C(=O)N(C)CC(=O)N(C)[C@@H](CC(C)C)C(=O)N[C@H](C(=O)N2CCCCC2)CC(=O)N(C)[C@@H](CC)C(=O)N[C@@H](CC(C)C)C(=O)N(C)[C@@H](CC(C)C)C(=O)N(C)[C@@H](Cc2ccccc2)C(=O)N[C@@H](CC)C(=O)N(C)[C@@H](Cc2ccccc2)C1=O. The molecule has 0 saturated carbocycles. The Morgan fingerprint density at radius 2 is 0.969 bits per heavy atom. The third-order valence-corrected chi connectivity index (χ3v) is 18.5. The van der Waals surface area contributed by atoms with Crippen molar-refractivity contribution in [3.8, 4) is 0 Å². The van der Waals surface area contributed by atoms with E-state index in [1.807, 2.05) is 48.5 Å². The monoisotopic (exact) mass is 1350 g/mol. The molecule has 2 aliphatic rings. The maximum atomic E-state index is 15.4. The van der Waals surface area contributed by atoms with Crippen LogP contribution < -0.4 is 21.3 Å². The number of nitrogens with zero attached hydrogens (tertiary/aromatic N) is 8. The molecule has 12 amide bonds. The van der Waals surface area contributed by atoms with Crippen molar-refractivity contribution in [2.45, 2.75) is 220 Å². The number of nitrogens with one attached hydrogen (secondary N) is 4. The second-order valence-corrected chi connectivity index (χ2v) is 27.7. The van der Waals surface area contributed by atoms with Crippen molar-refractivity contribution < 1.29 is 62.6 Å². The molecule has 2 saturated heterocycles. The molecule has 0 aliphatic carbocycles. The number of likely N-dealkylation sites (N-methyl/N-ethyl adjacent to an activating group) is 6. The van der Waals surface area contributed by atoms with Gasteiger partial charge in [0.05, 0.1) is 25.6 Å². The first-order valence-corrected chi connectivity index (χ1v) is 34.9. The normalized spacial score (nSPS) is 24.6. The summed E-state index contributed by atoms with van der Waals surface area (Å²) in [5.41, 5.74) is 1.35. The predicted molar refractivity (Wildman–Crippen MR) is 370 cm³/mol. The molecule has 25 heteroatoms. The quantitative estimate of drug-likeness (QED) is 0.133. The molecular weight excluding hydrogens is 1240 g/mol. The van der Waals surface area contributed by atoms with Crippen molar-refractivity contribution >= 4 is 70.9 Å². The summed E-state index contributed by atoms with van der Waals surface area (Å²) < 4.78 is 0. The van der Waals surface area contributed by atoms with Crippen molar-refractivity contribution in [2.75, 3.05) is 75.0 Å². The van der Waals surface area contributed by atoms with Gasteiger partial charge in [-0.2, -0.15) is 0 Å². The van der Waals surface area contributed by atoms with Gasteiger partial charge in [-0.15, -0.1) is 0 Å². The van der Waals surface area contributed by atoms with E-state index in [0.717, 1.165) is 22.6 Å². The Morgan fingerprint density at radius 3 is 1.49 bits per heavy atom. The first-order valence-electron chi connectivity index (χ1n) is 34.9. The summed E-state index contributed by atoms with van der Waals surface area (Å²) in [7, 11) is 8.45. The Balaban J connectivity index is 1.94. The molecule has 25 nitrogen and oxygen atoms in total. The highest BCUT2D eigenvalue weighted by Gasteiger charge is 2.43. The third kappa shape index (κ3) is 23.9. The number of carbonyl (C=O) groups excluding carboxylic acids is 12. The molecule has 2 heterocycles. The van der Waals surface area contributed by atoms with Gasteiger partial charge in [0, 0.05) is 74.8 Å². The summed E-state index contributed by atoms with van der Waals surface area (Å²) in [6, 6.07) is 6.19. The molecule has 0 aromatic heterocycles. The number of aliphatic hydroxyl groups excluding tert-OH is 1. The number of amides is 12. The standard InChI is InChI=1S/C72H114N12O13/c1-17-20-28-37-84-44-60(86)76-63(49(10)85)72(97)77(11)45-62(88)79(13)56(39-47(6)7)65(90)75-54(69(94)83-35-29-23-30-36-83)43-61(87)78(12)55(19-3)64(89)74-53(38-46(4)5)68(93)81(15)58(40-48(8)9)70(95)80(14)57(41-50-31-24-21-25-32-50)66(91)73-52(18-2)67(92)82(16)59(71(84)96)42-51-33-26-22-27-34-51/h21-22,24-27,31-34,46-49,52-59,63,85H,17-20,23,28-30,35-45H2,1-16H3,(H,73,91)(H,74,89)(H,75,90)(H,76,86)/t49-,52+,53+,54+,55+,56+,57+,58+,59+,63+/m1/s1. The van der Waals surface area contributed by atoms with Crippen molar-refractivity contribution in [1.82, 2.24) is 60.5 Å². The highest BCUT2D eigenvalue weighted by molar-refractivity contribution is 6.00. The maximum Gasteiger partial charge on any atom is 0.248 e. The predicted octanol–water partition coefficient (Wildman–Crippen LogP) is 3.78. The summed E-state index contributed by atoms with van der Waals surface area (Å²) in [6.07, 6.45) is 2.36. The van der Waals surface area contributed by atoms with Gasteiger partial charge in [0.15, 0.2) is 0 Å². The van der Waals surface area contributed by atoms with E-state index in [0.29, 0.717) is 49.9 Å². The average Bonchev–Trinajstić information content (AvgIpc) is 0.824. The number of piperidine rings is 1. The number of unbranched alkanes of at least 4 members (excludes halogenated alkanes) is 2. The smallest absolute Gasteiger partial charge is 0.248 e. The summed E-state index contributed by atoms with van der Waals surface area (Å²) in [4.78, 5) is 188. The van der Waals surface area contributed by atoms with E-state index >= 15 is 24.0 Å². The second kappa shape index (κ2) is 39.4. The topological polar surface area (TPSA) is 299 Å². The van der Waals surface area contributed by atoms with Gasteiger partial charge in [0.2, 0.25) is 70.9 Å². The lowest BCUT2D eigenvalue weighted by Gasteiger charge is -2.38. The molecule has 2 aromatic carbocycles. The van der Waals surface area contributed by atoms with Crippen molar-refractivity contribution in [3.63, 3.8) is 0 Å². The van der Waals surface area contributed by atoms with Crippen LogP contribution in [0.1, 0.15) is 157 Å². The van der Waals surface area contributed by atoms with E-state index < -0.39 is 151 Å². The lowest BCUT2D eigenvalue weighted by atomic mass is 9.96. The summed E-state index contributed by atoms with van der Waals surface area (Å²) in [6.45, 7) is 17.3. The summed E-state index contributed by atoms with van der Waals surface area (Å²) in [5.74, 6) is -8.88. The minimum absolute atomic E-state index is 0.0204. The van der Waals surface area contributed by atoms with Crippen LogP contribution in [0.25, 0.3) is 0 Å². The van der Waals surface area contributed by atoms with Crippen LogP contribution in [0.3, 0.4) is 0 Å². The van der Waals surface area contributed by atoms with Gasteiger partial charge in [-0.25, -0.2) is 0 Å². The van der Waals surface area contributed by atoms with Crippen LogP contribution in [0.4, 0.5) is 0 Å². The molecule has 0 bridgehead atoms. The number of aliphatic hydroxyl groups is 1. The fraction of sp³-hybridized carbons (Fsp3) is 0.667. The molecule has 2 aromatic rings. The lowest BCUT2D eigenvalue weighted by molar-refractivity contribution is -0.151. The van der Waals surface area contributed by atoms with Gasteiger partial charge in [-0.1, -0.05) is 136 Å². The number of hydrogen-bond acceptors (Lipinski definition) is 13. The zero-order valence-corrected chi connectivity index (χ0v) is 60.6. The first-order chi connectivity index (χ1) is 45.8. The van der Waals surface area contributed by atoms with Crippen LogP contribution in [-0.4, -0.2) is 251 Å². The van der Waals surface area contributed by atoms with Crippen LogP contribution in [-0.2, 0) is 70.4 Å². The summed E-state index contributed by atoms with van der Waals surface area (Å²) >= 11 is 0. The van der Waals surface area contributed by atoms with Gasteiger partial charge < -0.3 is 65.6 Å². The molecule has 0 radical (unpaired) electrons. The van der Waals surface area contributed by atoms with Crippen LogP contribution in [0.15, 0.2) is 60.7 Å². The van der Waals surface area contributed by atoms with Gasteiger partial charge in [-0.3, -0.25) is 57.5 Å². The molecule has 4 rings (SSSR count). The summed E-state index contributed by atoms with van der Waals surface area (Å²) in [5, 5.41) is 22.4. The Bertz CT molecular complexity index is 2960. The molecular formula is C72H114N12O13. The highest BCUT2D eigenvalue weighted by Crippen LogP contribution is 2.23. The number of carbonyl (C=O) groups is 12. The van der Waals surface area contributed by atoms with Gasteiger partial charge >= 0.3 is 0 Å². The Hall–Kier alpha value is -7.96. The average molecular weight is 1360 g/mol. The zero-order chi connectivity index (χ0) is 72.5. The molecule has 540 valence electrons. The van der Waals surface area contributed by atoms with Gasteiger partial charge in [-0.05, 0) is 93.6 Å². The van der Waals surface area contributed by atoms with Crippen molar-refractivity contribution in [1.29, 1.82) is 0 Å². The van der Waals surface area contributed by atoms with E-state index in [4.69, 9.17) is 0 Å². The molecule has 5 N–H and O–H groups in total. The fourth-order valence-electron chi connectivity index (χ4n) is 12.5. The van der Waals surface area contributed by atoms with Crippen LogP contribution >= 0.6 is 0 Å². The van der Waals surface area contributed by atoms with E-state index in [9.17, 15) is 38.7 Å². The lowest BCUT2D eigenvalue weighted by Crippen LogP contribution is -2.61. The zero-order valence-electron chi connectivity index (χ0n) is 60.6. The fourth-order valence-corrected chi connectivity index (χ4v) is 12.5. The van der Waals surface area contributed by atoms with E-state index in [1.54, 1.807) is 79.4 Å². The van der Waals surface area contributed by atoms with E-state index in [1.165, 1.54) is 73.7 Å².